The molecule has 104 valence electrons. The predicted octanol–water partition coefficient (Wildman–Crippen LogP) is 1.04. The van der Waals surface area contributed by atoms with Gasteiger partial charge in [-0.2, -0.15) is 0 Å². The lowest BCUT2D eigenvalue weighted by Gasteiger charge is -2.12. The average molecular weight is 268 g/mol. The van der Waals surface area contributed by atoms with Crippen LogP contribution in [0.1, 0.15) is 18.1 Å². The number of nitrogens with zero attached hydrogens (tertiary/aromatic N) is 1. The second-order valence-electron chi connectivity index (χ2n) is 4.11. The normalized spacial score (nSPS) is 11.9. The molecule has 0 bridgehead atoms. The van der Waals surface area contributed by atoms with Gasteiger partial charge in [0.25, 0.3) is 0 Å². The minimum Gasteiger partial charge on any atom is -0.502 e. The van der Waals surface area contributed by atoms with Crippen LogP contribution >= 0.6 is 0 Å². The molecule has 0 aliphatic rings. The number of phenols is 1. The summed E-state index contributed by atoms with van der Waals surface area (Å²) >= 11 is 0. The van der Waals surface area contributed by atoms with Gasteiger partial charge in [0, 0.05) is 18.1 Å². The molecule has 1 rings (SSSR count). The summed E-state index contributed by atoms with van der Waals surface area (Å²) in [7, 11) is 0. The lowest BCUT2D eigenvalue weighted by molar-refractivity contribution is -0.386. The van der Waals surface area contributed by atoms with E-state index in [2.05, 4.69) is 0 Å². The van der Waals surface area contributed by atoms with Crippen molar-refractivity contribution in [1.29, 1.82) is 0 Å². The highest BCUT2D eigenvalue weighted by Crippen LogP contribution is 2.31. The number of benzene rings is 1. The first-order valence-corrected chi connectivity index (χ1v) is 5.75. The van der Waals surface area contributed by atoms with E-state index in [0.717, 1.165) is 0 Å². The number of aromatic hydroxyl groups is 1. The maximum Gasteiger partial charge on any atom is 0.323 e. The monoisotopic (exact) mass is 268 g/mol. The Bertz CT molecular complexity index is 501. The van der Waals surface area contributed by atoms with E-state index in [-0.39, 0.29) is 18.6 Å². The molecule has 1 unspecified atom stereocenters. The first kappa shape index (κ1) is 14.9. The Hall–Kier alpha value is -2.15. The molecule has 0 aliphatic heterocycles. The first-order valence-electron chi connectivity index (χ1n) is 5.75. The maximum absolute atomic E-state index is 11.4. The van der Waals surface area contributed by atoms with Crippen molar-refractivity contribution < 1.29 is 19.6 Å². The van der Waals surface area contributed by atoms with Gasteiger partial charge in [-0.25, -0.2) is 0 Å². The number of phenolic OH excluding ortho intramolecular Hbond substituents is 1. The van der Waals surface area contributed by atoms with Crippen molar-refractivity contribution in [3.63, 3.8) is 0 Å². The molecule has 0 fully saturated rings. The van der Waals surface area contributed by atoms with E-state index in [9.17, 15) is 20.0 Å². The molecular weight excluding hydrogens is 252 g/mol. The first-order chi connectivity index (χ1) is 8.86. The highest BCUT2D eigenvalue weighted by molar-refractivity contribution is 5.76. The van der Waals surface area contributed by atoms with E-state index in [0.29, 0.717) is 5.56 Å². The second-order valence-corrected chi connectivity index (χ2v) is 4.11. The summed E-state index contributed by atoms with van der Waals surface area (Å²) in [6, 6.07) is 1.85. The van der Waals surface area contributed by atoms with Crippen LogP contribution in [0.2, 0.25) is 0 Å². The molecular formula is C12H16N2O5. The van der Waals surface area contributed by atoms with Gasteiger partial charge >= 0.3 is 11.7 Å². The summed E-state index contributed by atoms with van der Waals surface area (Å²) in [6.07, 6.45) is -0.0206. The number of carbonyl (C=O) groups excluding carboxylic acids is 1. The van der Waals surface area contributed by atoms with Gasteiger partial charge in [0.15, 0.2) is 5.75 Å². The predicted molar refractivity (Wildman–Crippen MR) is 67.8 cm³/mol. The third kappa shape index (κ3) is 3.65. The van der Waals surface area contributed by atoms with Gasteiger partial charge < -0.3 is 15.6 Å². The topological polar surface area (TPSA) is 116 Å². The fourth-order valence-electron chi connectivity index (χ4n) is 1.70. The fourth-order valence-corrected chi connectivity index (χ4v) is 1.70. The van der Waals surface area contributed by atoms with Crippen LogP contribution in [0.25, 0.3) is 0 Å². The molecule has 0 spiro atoms. The molecule has 1 aromatic rings. The quantitative estimate of drug-likeness (QED) is 0.468. The Morgan fingerprint density at radius 3 is 2.74 bits per heavy atom. The van der Waals surface area contributed by atoms with Crippen molar-refractivity contribution in [2.45, 2.75) is 26.3 Å². The molecule has 0 aromatic heterocycles. The van der Waals surface area contributed by atoms with Crippen LogP contribution < -0.4 is 5.73 Å². The number of aryl methyl sites for hydroxylation is 1. The smallest absolute Gasteiger partial charge is 0.323 e. The highest BCUT2D eigenvalue weighted by atomic mass is 16.6. The van der Waals surface area contributed by atoms with Crippen molar-refractivity contribution in [1.82, 2.24) is 0 Å². The molecule has 0 heterocycles. The van der Waals surface area contributed by atoms with Crippen molar-refractivity contribution in [3.8, 4) is 5.75 Å². The number of esters is 1. The Morgan fingerprint density at radius 1 is 1.58 bits per heavy atom. The largest absolute Gasteiger partial charge is 0.502 e. The second kappa shape index (κ2) is 6.14. The zero-order chi connectivity index (χ0) is 14.6. The van der Waals surface area contributed by atoms with Crippen LogP contribution in [0.15, 0.2) is 12.1 Å². The molecule has 0 radical (unpaired) electrons. The van der Waals surface area contributed by atoms with Crippen LogP contribution in [0.4, 0.5) is 5.69 Å². The summed E-state index contributed by atoms with van der Waals surface area (Å²) in [6.45, 7) is 3.51. The fraction of sp³-hybridized carbons (Fsp3) is 0.417. The van der Waals surface area contributed by atoms with Gasteiger partial charge in [-0.3, -0.25) is 14.9 Å². The number of ether oxygens (including phenoxy) is 1. The van der Waals surface area contributed by atoms with E-state index in [4.69, 9.17) is 10.5 Å². The summed E-state index contributed by atoms with van der Waals surface area (Å²) in [5.74, 6) is -1.07. The Kier molecular flexibility index (Phi) is 4.82. The van der Waals surface area contributed by atoms with E-state index >= 15 is 0 Å². The van der Waals surface area contributed by atoms with E-state index in [1.54, 1.807) is 19.9 Å². The lowest BCUT2D eigenvalue weighted by Crippen LogP contribution is -2.34. The summed E-state index contributed by atoms with van der Waals surface area (Å²) in [5.41, 5.74) is 6.09. The van der Waals surface area contributed by atoms with Gasteiger partial charge in [0.1, 0.15) is 6.04 Å². The zero-order valence-electron chi connectivity index (χ0n) is 10.8. The third-order valence-corrected chi connectivity index (χ3v) is 2.54. The van der Waals surface area contributed by atoms with Crippen molar-refractivity contribution in [3.05, 3.63) is 33.4 Å². The van der Waals surface area contributed by atoms with Crippen LogP contribution in [0.5, 0.6) is 5.75 Å². The molecule has 0 saturated carbocycles. The van der Waals surface area contributed by atoms with Gasteiger partial charge in [-0.05, 0) is 19.4 Å². The standard InChI is InChI=1S/C12H16N2O5/c1-3-19-12(16)9(13)6-8-4-7(2)5-10(11(8)15)14(17)18/h4-5,9,15H,3,6,13H2,1-2H3. The molecule has 0 aliphatic carbocycles. The molecule has 19 heavy (non-hydrogen) atoms. The minimum atomic E-state index is -0.966. The molecule has 0 saturated heterocycles. The van der Waals surface area contributed by atoms with Crippen molar-refractivity contribution in [2.75, 3.05) is 6.61 Å². The molecule has 3 N–H and O–H groups in total. The van der Waals surface area contributed by atoms with Gasteiger partial charge in [-0.15, -0.1) is 0 Å². The summed E-state index contributed by atoms with van der Waals surface area (Å²) in [4.78, 5) is 21.5. The number of nitro benzene ring substituents is 1. The van der Waals surface area contributed by atoms with Gasteiger partial charge in [-0.1, -0.05) is 6.07 Å². The molecule has 7 heteroatoms. The number of rotatable bonds is 5. The van der Waals surface area contributed by atoms with E-state index in [1.807, 2.05) is 0 Å². The minimum absolute atomic E-state index is 0.0206. The zero-order valence-corrected chi connectivity index (χ0v) is 10.8. The van der Waals surface area contributed by atoms with Crippen molar-refractivity contribution >= 4 is 11.7 Å². The molecule has 7 nitrogen and oxygen atoms in total. The van der Waals surface area contributed by atoms with Crippen LogP contribution in [0.3, 0.4) is 0 Å². The molecule has 1 aromatic carbocycles. The lowest BCUT2D eigenvalue weighted by atomic mass is 10.0. The van der Waals surface area contributed by atoms with Crippen LogP contribution in [-0.4, -0.2) is 28.6 Å². The molecule has 1 atom stereocenters. The maximum atomic E-state index is 11.4. The number of nitrogens with two attached hydrogens (primary N) is 1. The summed E-state index contributed by atoms with van der Waals surface area (Å²) < 4.78 is 4.74. The SMILES string of the molecule is CCOC(=O)C(N)Cc1cc(C)cc([N+](=O)[O-])c1O. The number of hydrogen-bond acceptors (Lipinski definition) is 6. The number of carbonyl (C=O) groups is 1. The summed E-state index contributed by atoms with van der Waals surface area (Å²) in [5, 5.41) is 20.6. The molecule has 0 amide bonds. The van der Waals surface area contributed by atoms with Gasteiger partial charge in [0.2, 0.25) is 0 Å². The Morgan fingerprint density at radius 2 is 2.21 bits per heavy atom. The van der Waals surface area contributed by atoms with Crippen molar-refractivity contribution in [2.24, 2.45) is 5.73 Å². The van der Waals surface area contributed by atoms with Crippen LogP contribution in [-0.2, 0) is 16.0 Å². The third-order valence-electron chi connectivity index (χ3n) is 2.54. The van der Waals surface area contributed by atoms with E-state index in [1.165, 1.54) is 6.07 Å². The van der Waals surface area contributed by atoms with E-state index < -0.39 is 28.4 Å². The highest BCUT2D eigenvalue weighted by Gasteiger charge is 2.22. The average Bonchev–Trinajstić information content (AvgIpc) is 2.33. The number of nitro groups is 1. The Balaban J connectivity index is 3.01. The number of hydrogen-bond donors (Lipinski definition) is 2. The Labute approximate surface area is 110 Å². The van der Waals surface area contributed by atoms with Gasteiger partial charge in [0.05, 0.1) is 11.5 Å². The van der Waals surface area contributed by atoms with Crippen LogP contribution in [0, 0.1) is 17.0 Å².